The van der Waals surface area contributed by atoms with E-state index in [2.05, 4.69) is 20.8 Å². The van der Waals surface area contributed by atoms with Gasteiger partial charge in [-0.1, -0.05) is 0 Å². The van der Waals surface area contributed by atoms with Crippen LogP contribution in [0.2, 0.25) is 4.44 Å². The van der Waals surface area contributed by atoms with Gasteiger partial charge in [0.05, 0.1) is 0 Å². The molecule has 0 rings (SSSR count). The van der Waals surface area contributed by atoms with Crippen molar-refractivity contribution in [3.8, 4) is 0 Å². The standard InChI is InChI=1S/C8H17.C7H14O3.O.Sn/c1-3-5-7-8-6-4-2;1-3-6(4-2)5-10-7(8)9;;/h1,3-8H2,2H3;6H,3-5H2,1-2H3,(H,8,9);;/q;;;+1/p-1. The second-order valence-corrected chi connectivity index (χ2v) is 9.37. The van der Waals surface area contributed by atoms with Gasteiger partial charge < -0.3 is 0 Å². The zero-order valence-electron chi connectivity index (χ0n) is 13.3. The zero-order chi connectivity index (χ0) is 15.2. The molecule has 0 aromatic heterocycles. The van der Waals surface area contributed by atoms with Gasteiger partial charge in [0.1, 0.15) is 0 Å². The van der Waals surface area contributed by atoms with Gasteiger partial charge >= 0.3 is 131 Å². The fourth-order valence-corrected chi connectivity index (χ4v) is 4.46. The van der Waals surface area contributed by atoms with E-state index >= 15 is 0 Å². The summed E-state index contributed by atoms with van der Waals surface area (Å²) in [7, 11) is 0. The molecule has 0 N–H and O–H groups in total. The van der Waals surface area contributed by atoms with Crippen LogP contribution in [0.4, 0.5) is 4.79 Å². The third kappa shape index (κ3) is 11.7. The van der Waals surface area contributed by atoms with Crippen molar-refractivity contribution >= 4 is 26.3 Å². The number of carbonyl (C=O) groups is 1. The van der Waals surface area contributed by atoms with Gasteiger partial charge in [0, 0.05) is 0 Å². The minimum absolute atomic E-state index is 0.374. The molecule has 0 aromatic carbocycles. The van der Waals surface area contributed by atoms with Gasteiger partial charge in [-0.3, -0.25) is 0 Å². The monoisotopic (exact) mass is 394 g/mol. The number of rotatable bonds is 12. The van der Waals surface area contributed by atoms with E-state index in [-0.39, 0.29) is 0 Å². The van der Waals surface area contributed by atoms with Crippen LogP contribution in [0.15, 0.2) is 0 Å². The van der Waals surface area contributed by atoms with Gasteiger partial charge in [0.15, 0.2) is 0 Å². The molecule has 0 bridgehead atoms. The number of ether oxygens (including phenoxy) is 1. The molecule has 0 amide bonds. The van der Waals surface area contributed by atoms with E-state index in [9.17, 15) is 7.87 Å². The number of carbonyl (C=O) groups excluding carboxylic acids is 1. The molecule has 20 heavy (non-hydrogen) atoms. The summed E-state index contributed by atoms with van der Waals surface area (Å²) in [6.45, 7) is 6.69. The van der Waals surface area contributed by atoms with E-state index in [0.717, 1.165) is 25.7 Å². The Morgan fingerprint density at radius 1 is 1.00 bits per heavy atom. The molecule has 0 unspecified atom stereocenters. The van der Waals surface area contributed by atoms with Crippen LogP contribution in [0.3, 0.4) is 0 Å². The van der Waals surface area contributed by atoms with E-state index in [1.54, 1.807) is 0 Å². The van der Waals surface area contributed by atoms with E-state index in [0.29, 0.717) is 17.0 Å². The third-order valence-corrected chi connectivity index (χ3v) is 6.82. The summed E-state index contributed by atoms with van der Waals surface area (Å²) in [5.41, 5.74) is 0. The van der Waals surface area contributed by atoms with Crippen molar-refractivity contribution in [1.82, 2.24) is 0 Å². The number of hydrogen-bond acceptors (Lipinski definition) is 4. The third-order valence-electron chi connectivity index (χ3n) is 3.52. The van der Waals surface area contributed by atoms with Gasteiger partial charge in [-0.2, -0.15) is 0 Å². The molecule has 0 fully saturated rings. The molecule has 0 aliphatic rings. The molecule has 118 valence electrons. The zero-order valence-corrected chi connectivity index (χ0v) is 16.1. The Balaban J connectivity index is 3.57. The van der Waals surface area contributed by atoms with Gasteiger partial charge in [0.2, 0.25) is 0 Å². The van der Waals surface area contributed by atoms with Crippen molar-refractivity contribution in [2.75, 3.05) is 6.61 Å². The number of unbranched alkanes of at least 4 members (excludes halogenated alkanes) is 5. The van der Waals surface area contributed by atoms with E-state index in [1.807, 2.05) is 0 Å². The Morgan fingerprint density at radius 3 is 2.20 bits per heavy atom. The first-order chi connectivity index (χ1) is 9.63. The molecule has 4 nitrogen and oxygen atoms in total. The van der Waals surface area contributed by atoms with E-state index < -0.39 is 26.3 Å². The fraction of sp³-hybridized carbons (Fsp3) is 0.933. The van der Waals surface area contributed by atoms with Crippen molar-refractivity contribution in [3.05, 3.63) is 0 Å². The SMILES string of the molecule is CCCCCCC[CH2][Sn](=[O])[O]C(=O)OCC(CC)CC. The summed E-state index contributed by atoms with van der Waals surface area (Å²) in [6.07, 6.45) is 8.13. The van der Waals surface area contributed by atoms with Crippen LogP contribution >= 0.6 is 0 Å². The van der Waals surface area contributed by atoms with Crippen LogP contribution in [0.5, 0.6) is 0 Å². The Morgan fingerprint density at radius 2 is 1.60 bits per heavy atom. The molecule has 0 atom stereocenters. The van der Waals surface area contributed by atoms with Crippen molar-refractivity contribution in [2.24, 2.45) is 5.92 Å². The Labute approximate surface area is 131 Å². The van der Waals surface area contributed by atoms with E-state index in [1.165, 1.54) is 25.7 Å². The second-order valence-electron chi connectivity index (χ2n) is 5.24. The van der Waals surface area contributed by atoms with Crippen molar-refractivity contribution in [2.45, 2.75) is 76.6 Å². The van der Waals surface area contributed by atoms with Crippen LogP contribution in [-0.2, 0) is 10.9 Å². The predicted molar refractivity (Wildman–Crippen MR) is 81.1 cm³/mol. The second kappa shape index (κ2) is 13.8. The average molecular weight is 393 g/mol. The number of hydrogen-bond donors (Lipinski definition) is 0. The molecule has 0 saturated heterocycles. The summed E-state index contributed by atoms with van der Waals surface area (Å²) in [5.74, 6) is 0.375. The quantitative estimate of drug-likeness (QED) is 0.270. The van der Waals surface area contributed by atoms with Gasteiger partial charge in [-0.15, -0.1) is 0 Å². The van der Waals surface area contributed by atoms with Gasteiger partial charge in [0.25, 0.3) is 0 Å². The Hall–Kier alpha value is -0.131. The molecule has 0 aliphatic heterocycles. The summed E-state index contributed by atoms with van der Waals surface area (Å²) >= 11 is -3.18. The molecule has 0 heterocycles. The van der Waals surface area contributed by atoms with Gasteiger partial charge in [-0.25, -0.2) is 0 Å². The maximum atomic E-state index is 11.7. The van der Waals surface area contributed by atoms with Gasteiger partial charge in [-0.05, 0) is 0 Å². The minimum atomic E-state index is -3.18. The van der Waals surface area contributed by atoms with Crippen molar-refractivity contribution in [1.29, 1.82) is 0 Å². The molecule has 0 radical (unpaired) electrons. The molecule has 0 aromatic rings. The maximum absolute atomic E-state index is 11.7. The van der Waals surface area contributed by atoms with Crippen LogP contribution in [0.25, 0.3) is 0 Å². The molecule has 0 spiro atoms. The van der Waals surface area contributed by atoms with Crippen molar-refractivity contribution in [3.63, 3.8) is 0 Å². The van der Waals surface area contributed by atoms with Crippen LogP contribution in [-0.4, -0.2) is 32.9 Å². The average Bonchev–Trinajstić information content (AvgIpc) is 2.43. The van der Waals surface area contributed by atoms with Crippen molar-refractivity contribution < 1.29 is 15.7 Å². The molecular formula is C15H30O4Sn. The molecule has 0 aliphatic carbocycles. The first-order valence-corrected chi connectivity index (χ1v) is 12.4. The Kier molecular flexibility index (Phi) is 13.7. The normalized spacial score (nSPS) is 10.6. The van der Waals surface area contributed by atoms with E-state index in [4.69, 9.17) is 7.81 Å². The summed E-state index contributed by atoms with van der Waals surface area (Å²) in [6, 6.07) is 0. The molecule has 5 heteroatoms. The van der Waals surface area contributed by atoms with Crippen LogP contribution < -0.4 is 0 Å². The van der Waals surface area contributed by atoms with Crippen LogP contribution in [0.1, 0.15) is 72.1 Å². The Bertz CT molecular complexity index is 265. The predicted octanol–water partition coefficient (Wildman–Crippen LogP) is 4.86. The summed E-state index contributed by atoms with van der Waals surface area (Å²) < 4.78 is 22.2. The molecular weight excluding hydrogens is 363 g/mol. The van der Waals surface area contributed by atoms with Crippen LogP contribution in [0, 0.1) is 5.92 Å². The summed E-state index contributed by atoms with van der Waals surface area (Å²) in [4.78, 5) is 11.4. The topological polar surface area (TPSA) is 52.6 Å². The first kappa shape index (κ1) is 19.9. The fourth-order valence-electron chi connectivity index (χ4n) is 1.93. The first-order valence-electron chi connectivity index (χ1n) is 8.01. The molecule has 0 saturated carbocycles. The summed E-state index contributed by atoms with van der Waals surface area (Å²) in [5, 5.41) is 0.